The Morgan fingerprint density at radius 3 is 2.64 bits per heavy atom. The minimum atomic E-state index is -0.232. The van der Waals surface area contributed by atoms with Gasteiger partial charge in [-0.05, 0) is 54.6 Å². The molecule has 4 aromatic heterocycles. The van der Waals surface area contributed by atoms with Gasteiger partial charge in [-0.2, -0.15) is 5.10 Å². The smallest absolute Gasteiger partial charge is 0.256 e. The Bertz CT molecular complexity index is 1470. The lowest BCUT2D eigenvalue weighted by Crippen LogP contribution is -2.36. The van der Waals surface area contributed by atoms with Gasteiger partial charge in [-0.3, -0.25) is 9.78 Å². The fourth-order valence-electron chi connectivity index (χ4n) is 4.34. The molecule has 1 saturated heterocycles. The van der Waals surface area contributed by atoms with Crippen LogP contribution in [0.15, 0.2) is 83.9 Å². The molecule has 0 unspecified atom stereocenters. The Morgan fingerprint density at radius 1 is 1.03 bits per heavy atom. The number of hydrogen-bond acceptors (Lipinski definition) is 7. The summed E-state index contributed by atoms with van der Waals surface area (Å²) < 4.78 is 12.7. The fraction of sp³-hybridized carbons (Fsp3) is 0.185. The van der Waals surface area contributed by atoms with Gasteiger partial charge in [-0.1, -0.05) is 0 Å². The number of furan rings is 1. The van der Waals surface area contributed by atoms with E-state index in [4.69, 9.17) is 14.1 Å². The summed E-state index contributed by atoms with van der Waals surface area (Å²) in [7, 11) is 0. The first-order valence-corrected chi connectivity index (χ1v) is 11.8. The highest BCUT2D eigenvalue weighted by Gasteiger charge is 2.19. The van der Waals surface area contributed by atoms with Gasteiger partial charge in [0.1, 0.15) is 12.3 Å². The molecule has 1 aliphatic heterocycles. The molecule has 9 nitrogen and oxygen atoms in total. The van der Waals surface area contributed by atoms with Gasteiger partial charge in [0.25, 0.3) is 5.91 Å². The van der Waals surface area contributed by atoms with Crippen LogP contribution in [0.1, 0.15) is 16.1 Å². The fourth-order valence-corrected chi connectivity index (χ4v) is 4.34. The van der Waals surface area contributed by atoms with Crippen LogP contribution in [0, 0.1) is 0 Å². The summed E-state index contributed by atoms with van der Waals surface area (Å²) in [5.41, 5.74) is 4.37. The highest BCUT2D eigenvalue weighted by Crippen LogP contribution is 2.26. The Labute approximate surface area is 207 Å². The van der Waals surface area contributed by atoms with Crippen molar-refractivity contribution in [1.29, 1.82) is 0 Å². The first-order chi connectivity index (χ1) is 17.7. The summed E-state index contributed by atoms with van der Waals surface area (Å²) in [4.78, 5) is 24.8. The lowest BCUT2D eigenvalue weighted by Gasteiger charge is -2.28. The molecule has 0 bridgehead atoms. The number of nitrogens with zero attached hydrogens (tertiary/aromatic N) is 5. The van der Waals surface area contributed by atoms with Crippen LogP contribution in [0.4, 0.5) is 11.4 Å². The van der Waals surface area contributed by atoms with E-state index in [1.807, 2.05) is 48.5 Å². The minimum absolute atomic E-state index is 0.232. The standard InChI is InChI=1S/C27H24N6O3/c34-27(30-20-5-7-21(8-6-20)32-10-13-35-14-11-32)23-15-25(19-3-1-9-28-16-19)31-26-24(23)17-29-33(26)18-22-4-2-12-36-22/h1-9,12,15-17H,10-11,13-14,18H2,(H,30,34). The number of carbonyl (C=O) groups is 1. The molecule has 0 radical (unpaired) electrons. The number of ether oxygens (including phenoxy) is 1. The number of pyridine rings is 2. The van der Waals surface area contributed by atoms with Crippen molar-refractivity contribution < 1.29 is 13.9 Å². The molecule has 5 heterocycles. The Balaban J connectivity index is 1.33. The molecule has 180 valence electrons. The number of rotatable bonds is 6. The number of carbonyl (C=O) groups excluding carboxylic acids is 1. The predicted molar refractivity (Wildman–Crippen MR) is 136 cm³/mol. The van der Waals surface area contributed by atoms with Crippen molar-refractivity contribution in [2.24, 2.45) is 0 Å². The highest BCUT2D eigenvalue weighted by atomic mass is 16.5. The molecule has 0 spiro atoms. The second-order valence-electron chi connectivity index (χ2n) is 8.52. The van der Waals surface area contributed by atoms with Crippen LogP contribution in [0.2, 0.25) is 0 Å². The molecular formula is C27H24N6O3. The van der Waals surface area contributed by atoms with E-state index < -0.39 is 0 Å². The summed E-state index contributed by atoms with van der Waals surface area (Å²) in [5.74, 6) is 0.518. The molecule has 9 heteroatoms. The molecule has 1 fully saturated rings. The summed E-state index contributed by atoms with van der Waals surface area (Å²) >= 11 is 0. The predicted octanol–water partition coefficient (Wildman–Crippen LogP) is 4.22. The number of anilines is 2. The number of fused-ring (bicyclic) bond motifs is 1. The van der Waals surface area contributed by atoms with Crippen LogP contribution in [-0.2, 0) is 11.3 Å². The highest BCUT2D eigenvalue weighted by molar-refractivity contribution is 6.12. The minimum Gasteiger partial charge on any atom is -0.467 e. The van der Waals surface area contributed by atoms with E-state index in [1.54, 1.807) is 35.6 Å². The Morgan fingerprint density at radius 2 is 1.89 bits per heavy atom. The largest absolute Gasteiger partial charge is 0.467 e. The molecule has 1 aliphatic rings. The van der Waals surface area contributed by atoms with Crippen molar-refractivity contribution in [2.75, 3.05) is 36.5 Å². The van der Waals surface area contributed by atoms with Crippen LogP contribution < -0.4 is 10.2 Å². The van der Waals surface area contributed by atoms with E-state index in [0.29, 0.717) is 34.5 Å². The summed E-state index contributed by atoms with van der Waals surface area (Å²) in [6.45, 7) is 3.58. The van der Waals surface area contributed by atoms with E-state index in [0.717, 1.165) is 43.3 Å². The monoisotopic (exact) mass is 480 g/mol. The molecule has 1 amide bonds. The molecule has 36 heavy (non-hydrogen) atoms. The van der Waals surface area contributed by atoms with Gasteiger partial charge < -0.3 is 19.4 Å². The third-order valence-corrected chi connectivity index (χ3v) is 6.20. The maximum absolute atomic E-state index is 13.5. The molecule has 5 aromatic rings. The maximum Gasteiger partial charge on any atom is 0.256 e. The number of morpholine rings is 1. The molecule has 1 aromatic carbocycles. The first-order valence-electron chi connectivity index (χ1n) is 11.8. The molecule has 0 atom stereocenters. The summed E-state index contributed by atoms with van der Waals surface area (Å²) in [5, 5.41) is 8.20. The molecule has 0 aliphatic carbocycles. The van der Waals surface area contributed by atoms with Crippen LogP contribution >= 0.6 is 0 Å². The average molecular weight is 481 g/mol. The van der Waals surface area contributed by atoms with Crippen LogP contribution in [0.3, 0.4) is 0 Å². The lowest BCUT2D eigenvalue weighted by molar-refractivity contribution is 0.102. The van der Waals surface area contributed by atoms with Gasteiger partial charge in [-0.25, -0.2) is 9.67 Å². The van der Waals surface area contributed by atoms with E-state index >= 15 is 0 Å². The molecule has 1 N–H and O–H groups in total. The maximum atomic E-state index is 13.5. The molecule has 6 rings (SSSR count). The molecular weight excluding hydrogens is 456 g/mol. The SMILES string of the molecule is O=C(Nc1ccc(N2CCOCC2)cc1)c1cc(-c2cccnc2)nc2c1cnn2Cc1ccco1. The van der Waals surface area contributed by atoms with Crippen molar-refractivity contribution in [1.82, 2.24) is 19.7 Å². The average Bonchev–Trinajstić information content (AvgIpc) is 3.60. The van der Waals surface area contributed by atoms with Crippen LogP contribution in [-0.4, -0.2) is 52.0 Å². The summed E-state index contributed by atoms with van der Waals surface area (Å²) in [6, 6.07) is 17.1. The van der Waals surface area contributed by atoms with Gasteiger partial charge in [-0.15, -0.1) is 0 Å². The van der Waals surface area contributed by atoms with Crippen molar-refractivity contribution in [3.63, 3.8) is 0 Å². The Hall–Kier alpha value is -4.50. The number of aromatic nitrogens is 4. The topological polar surface area (TPSA) is 98.3 Å². The Kier molecular flexibility index (Phi) is 5.88. The van der Waals surface area contributed by atoms with Gasteiger partial charge in [0, 0.05) is 42.4 Å². The van der Waals surface area contributed by atoms with Crippen LogP contribution in [0.5, 0.6) is 0 Å². The van der Waals surface area contributed by atoms with Crippen molar-refractivity contribution in [3.05, 3.63) is 90.8 Å². The third kappa shape index (κ3) is 4.44. The van der Waals surface area contributed by atoms with Crippen molar-refractivity contribution in [3.8, 4) is 11.3 Å². The normalized spacial score (nSPS) is 13.7. The van der Waals surface area contributed by atoms with E-state index in [9.17, 15) is 4.79 Å². The number of benzene rings is 1. The van der Waals surface area contributed by atoms with Gasteiger partial charge >= 0.3 is 0 Å². The number of hydrogen-bond donors (Lipinski definition) is 1. The lowest BCUT2D eigenvalue weighted by atomic mass is 10.1. The molecule has 0 saturated carbocycles. The van der Waals surface area contributed by atoms with E-state index in [-0.39, 0.29) is 5.91 Å². The zero-order valence-corrected chi connectivity index (χ0v) is 19.5. The van der Waals surface area contributed by atoms with E-state index in [1.165, 1.54) is 0 Å². The van der Waals surface area contributed by atoms with E-state index in [2.05, 4.69) is 20.3 Å². The first kappa shape index (κ1) is 22.0. The third-order valence-electron chi connectivity index (χ3n) is 6.20. The number of nitrogens with one attached hydrogen (secondary N) is 1. The van der Waals surface area contributed by atoms with Gasteiger partial charge in [0.2, 0.25) is 0 Å². The van der Waals surface area contributed by atoms with Crippen molar-refractivity contribution >= 4 is 28.3 Å². The second kappa shape index (κ2) is 9.63. The zero-order valence-electron chi connectivity index (χ0n) is 19.5. The second-order valence-corrected chi connectivity index (χ2v) is 8.52. The van der Waals surface area contributed by atoms with Gasteiger partial charge in [0.15, 0.2) is 5.65 Å². The van der Waals surface area contributed by atoms with Crippen molar-refractivity contribution in [2.45, 2.75) is 6.54 Å². The van der Waals surface area contributed by atoms with Crippen LogP contribution in [0.25, 0.3) is 22.3 Å². The quantitative estimate of drug-likeness (QED) is 0.388. The summed E-state index contributed by atoms with van der Waals surface area (Å²) in [6.07, 6.45) is 6.73. The number of amides is 1. The van der Waals surface area contributed by atoms with Gasteiger partial charge in [0.05, 0.1) is 42.3 Å². The zero-order chi connectivity index (χ0) is 24.3.